The fourth-order valence-electron chi connectivity index (χ4n) is 9.23. The quantitative estimate of drug-likeness (QED) is 0.238. The molecule has 192 valence electrons. The van der Waals surface area contributed by atoms with Gasteiger partial charge in [-0.25, -0.2) is 0 Å². The van der Waals surface area contributed by atoms with E-state index in [2.05, 4.69) is 50.3 Å². The van der Waals surface area contributed by atoms with E-state index in [4.69, 9.17) is 17.0 Å². The van der Waals surface area contributed by atoms with E-state index in [1.54, 1.807) is 44.1 Å². The second-order valence-corrected chi connectivity index (χ2v) is 21.0. The van der Waals surface area contributed by atoms with Gasteiger partial charge in [0, 0.05) is 0 Å². The summed E-state index contributed by atoms with van der Waals surface area (Å²) >= 11 is -0.826. The van der Waals surface area contributed by atoms with Gasteiger partial charge in [-0.2, -0.15) is 0 Å². The van der Waals surface area contributed by atoms with Gasteiger partial charge < -0.3 is 14.9 Å². The Balaban J connectivity index is 0.000000778. The Morgan fingerprint density at radius 1 is 0.765 bits per heavy atom. The zero-order chi connectivity index (χ0) is 22.7. The van der Waals surface area contributed by atoms with Gasteiger partial charge in [0.05, 0.1) is 8.07 Å². The third-order valence-electron chi connectivity index (χ3n) is 10.7. The Bertz CT molecular complexity index is 711. The van der Waals surface area contributed by atoms with Crippen molar-refractivity contribution in [1.82, 2.24) is 0 Å². The summed E-state index contributed by atoms with van der Waals surface area (Å²) in [6.45, 7) is 8.29. The molecule has 4 saturated carbocycles. The molecule has 1 aromatic carbocycles. The van der Waals surface area contributed by atoms with Crippen LogP contribution in [-0.4, -0.2) is 8.07 Å². The number of rotatable bonds is 4. The Morgan fingerprint density at radius 3 is 1.97 bits per heavy atom. The van der Waals surface area contributed by atoms with Crippen LogP contribution in [0.3, 0.4) is 0 Å². The number of hydrogen-bond acceptors (Lipinski definition) is 0. The average molecular weight is 601 g/mol. The molecule has 0 bridgehead atoms. The molecule has 0 amide bonds. The number of halogens is 2. The van der Waals surface area contributed by atoms with Crippen LogP contribution in [0.15, 0.2) is 30.3 Å². The zero-order valence-electron chi connectivity index (χ0n) is 22.5. The van der Waals surface area contributed by atoms with Crippen LogP contribution in [0.1, 0.15) is 89.0 Å². The molecule has 8 unspecified atom stereocenters. The van der Waals surface area contributed by atoms with Gasteiger partial charge >= 0.3 is 37.9 Å². The molecule has 4 aliphatic rings. The van der Waals surface area contributed by atoms with Crippen molar-refractivity contribution >= 4 is 25.1 Å². The van der Waals surface area contributed by atoms with E-state index >= 15 is 0 Å². The topological polar surface area (TPSA) is 0 Å². The van der Waals surface area contributed by atoms with Crippen LogP contribution in [0.4, 0.5) is 0 Å². The number of fused-ring (bicyclic) bond motifs is 2. The molecule has 0 aromatic heterocycles. The van der Waals surface area contributed by atoms with Gasteiger partial charge in [0.25, 0.3) is 0 Å². The van der Waals surface area contributed by atoms with Crippen molar-refractivity contribution in [2.45, 2.75) is 108 Å². The fourth-order valence-corrected chi connectivity index (χ4v) is 14.6. The first-order chi connectivity index (χ1) is 15.5. The molecule has 0 saturated heterocycles. The van der Waals surface area contributed by atoms with Crippen molar-refractivity contribution in [1.29, 1.82) is 0 Å². The summed E-state index contributed by atoms with van der Waals surface area (Å²) in [6.07, 6.45) is 17.1. The van der Waals surface area contributed by atoms with Crippen molar-refractivity contribution in [2.75, 3.05) is 0 Å². The predicted molar refractivity (Wildman–Crippen MR) is 153 cm³/mol. The monoisotopic (exact) mass is 598 g/mol. The molecule has 4 aliphatic carbocycles. The van der Waals surface area contributed by atoms with Gasteiger partial charge in [-0.1, -0.05) is 108 Å². The Hall–Kier alpha value is 0.900. The molecule has 0 heterocycles. The molecule has 8 atom stereocenters. The van der Waals surface area contributed by atoms with Crippen LogP contribution >= 0.6 is 17.0 Å². The van der Waals surface area contributed by atoms with Crippen molar-refractivity contribution in [3.63, 3.8) is 0 Å². The van der Waals surface area contributed by atoms with Crippen LogP contribution < -0.4 is 0 Å². The van der Waals surface area contributed by atoms with Crippen molar-refractivity contribution < 1.29 is 20.8 Å². The van der Waals surface area contributed by atoms with Crippen LogP contribution in [0, 0.1) is 44.4 Å². The Kier molecular flexibility index (Phi) is 13.0. The molecule has 0 nitrogen and oxygen atoms in total. The first kappa shape index (κ1) is 31.1. The van der Waals surface area contributed by atoms with Crippen LogP contribution in [0.25, 0.3) is 0 Å². The molecule has 1 aromatic rings. The Labute approximate surface area is 232 Å². The van der Waals surface area contributed by atoms with Gasteiger partial charge in [-0.3, -0.25) is 0 Å². The standard InChI is InChI=1S/C28H44Si.2CH3.2ClH.Zr/c1-20(21-11-5-4-6-12-21)26-19-28(25-16-10-9-15-24(25)26)29(2,3)27-18-17-22-13-7-8-14-23(22)27;;;;;/h4-6,11-12,20,22-28H,7-10,13-19H2,1-3H3;2*1H3;2*1H;/q;2*-1;;;+4/p-2. The third kappa shape index (κ3) is 6.48. The maximum absolute atomic E-state index is 4.93. The van der Waals surface area contributed by atoms with E-state index < -0.39 is 28.9 Å². The van der Waals surface area contributed by atoms with E-state index in [0.29, 0.717) is 0 Å². The van der Waals surface area contributed by atoms with Crippen molar-refractivity contribution in [3.05, 3.63) is 50.7 Å². The van der Waals surface area contributed by atoms with Crippen molar-refractivity contribution in [2.24, 2.45) is 29.6 Å². The van der Waals surface area contributed by atoms with Gasteiger partial charge in [-0.05, 0) is 65.0 Å². The predicted octanol–water partition coefficient (Wildman–Crippen LogP) is 10.9. The third-order valence-corrected chi connectivity index (χ3v) is 15.9. The molecule has 0 radical (unpaired) electrons. The van der Waals surface area contributed by atoms with Gasteiger partial charge in [0.2, 0.25) is 0 Å². The van der Waals surface area contributed by atoms with Gasteiger partial charge in [-0.15, -0.1) is 0 Å². The first-order valence-corrected chi connectivity index (χ1v) is 23.0. The molecule has 0 spiro atoms. The summed E-state index contributed by atoms with van der Waals surface area (Å²) in [6, 6.07) is 11.5. The number of hydrogen-bond donors (Lipinski definition) is 0. The summed E-state index contributed by atoms with van der Waals surface area (Å²) in [5.41, 5.74) is 3.86. The van der Waals surface area contributed by atoms with Crippen LogP contribution in [0.2, 0.25) is 24.2 Å². The molecular formula is C30H50Cl2SiZr. The molecule has 5 rings (SSSR count). The second kappa shape index (κ2) is 14.2. The number of benzene rings is 1. The van der Waals surface area contributed by atoms with E-state index in [0.717, 1.165) is 46.6 Å². The zero-order valence-corrected chi connectivity index (χ0v) is 27.5. The molecule has 4 fully saturated rings. The normalized spacial score (nSPS) is 35.3. The average Bonchev–Trinajstić information content (AvgIpc) is 3.43. The van der Waals surface area contributed by atoms with E-state index in [9.17, 15) is 0 Å². The molecule has 0 N–H and O–H groups in total. The maximum atomic E-state index is 4.93. The Morgan fingerprint density at radius 2 is 1.32 bits per heavy atom. The van der Waals surface area contributed by atoms with E-state index in [1.807, 2.05) is 0 Å². The molecule has 34 heavy (non-hydrogen) atoms. The summed E-state index contributed by atoms with van der Waals surface area (Å²) in [5.74, 6) is 6.04. The SMILES string of the molecule is CC(c1ccccc1)C1CC([Si](C)(C)C2CCC3CCCCC32)C2CCCCC12.[CH3-].[CH3-].[Cl][Zr+2][Cl]. The first-order valence-electron chi connectivity index (χ1n) is 13.5. The van der Waals surface area contributed by atoms with E-state index in [1.165, 1.54) is 32.1 Å². The fraction of sp³-hybridized carbons (Fsp3) is 0.733. The molecule has 4 heteroatoms. The minimum absolute atomic E-state index is 0. The second-order valence-electron chi connectivity index (χ2n) is 12.1. The van der Waals surface area contributed by atoms with Crippen LogP contribution in [-0.2, 0) is 20.8 Å². The van der Waals surface area contributed by atoms with Gasteiger partial charge in [0.15, 0.2) is 0 Å². The molecular weight excluding hydrogens is 551 g/mol. The summed E-state index contributed by atoms with van der Waals surface area (Å²) in [5, 5.41) is 0. The van der Waals surface area contributed by atoms with E-state index in [-0.39, 0.29) is 14.9 Å². The van der Waals surface area contributed by atoms with Crippen LogP contribution in [0.5, 0.6) is 0 Å². The molecule has 0 aliphatic heterocycles. The summed E-state index contributed by atoms with van der Waals surface area (Å²) < 4.78 is 0. The van der Waals surface area contributed by atoms with Crippen molar-refractivity contribution in [3.8, 4) is 0 Å². The van der Waals surface area contributed by atoms with Gasteiger partial charge in [0.1, 0.15) is 0 Å². The summed E-state index contributed by atoms with van der Waals surface area (Å²) in [7, 11) is 8.63. The minimum atomic E-state index is -1.24. The summed E-state index contributed by atoms with van der Waals surface area (Å²) in [4.78, 5) is 0.